The molecule has 2 fully saturated rings. The van der Waals surface area contributed by atoms with Crippen LogP contribution in [0.3, 0.4) is 0 Å². The lowest BCUT2D eigenvalue weighted by Gasteiger charge is -2.38. The number of ether oxygens (including phenoxy) is 1. The zero-order valence-electron chi connectivity index (χ0n) is 18.2. The molecule has 1 saturated carbocycles. The molecule has 0 bridgehead atoms. The van der Waals surface area contributed by atoms with E-state index >= 15 is 0 Å². The largest absolute Gasteiger partial charge is 0.370 e. The van der Waals surface area contributed by atoms with Gasteiger partial charge in [0.2, 0.25) is 5.91 Å². The van der Waals surface area contributed by atoms with Crippen molar-refractivity contribution < 1.29 is 14.4 Å². The summed E-state index contributed by atoms with van der Waals surface area (Å²) in [5.74, 6) is 1.18. The molecule has 28 heavy (non-hydrogen) atoms. The van der Waals surface area contributed by atoms with E-state index in [0.717, 1.165) is 45.1 Å². The first kappa shape index (κ1) is 21.3. The average molecular weight is 388 g/mol. The SMILES string of the molecule is C[C@H](NC(=O)C1CCC(C(C)(C)C)CC1)[C@H](c1ccccc1)[NH+]1CCOCC1. The minimum absolute atomic E-state index is 0.114. The number of carbonyl (C=O) groups excluding carboxylic acids is 1. The zero-order chi connectivity index (χ0) is 20.1. The summed E-state index contributed by atoms with van der Waals surface area (Å²) >= 11 is 0. The van der Waals surface area contributed by atoms with Crippen molar-refractivity contribution in [2.24, 2.45) is 17.3 Å². The molecule has 1 aliphatic heterocycles. The minimum atomic E-state index is 0.114. The third-order valence-electron chi connectivity index (χ3n) is 6.93. The fourth-order valence-corrected chi connectivity index (χ4v) is 5.13. The number of hydrogen-bond donors (Lipinski definition) is 2. The van der Waals surface area contributed by atoms with Gasteiger partial charge in [0.25, 0.3) is 0 Å². The molecule has 2 aliphatic rings. The maximum atomic E-state index is 13.0. The zero-order valence-corrected chi connectivity index (χ0v) is 18.2. The van der Waals surface area contributed by atoms with Crippen molar-refractivity contribution in [2.45, 2.75) is 65.5 Å². The van der Waals surface area contributed by atoms with E-state index in [9.17, 15) is 4.79 Å². The van der Waals surface area contributed by atoms with Gasteiger partial charge in [-0.05, 0) is 43.9 Å². The molecule has 0 unspecified atom stereocenters. The van der Waals surface area contributed by atoms with Crippen LogP contribution < -0.4 is 10.2 Å². The third kappa shape index (κ3) is 5.36. The van der Waals surface area contributed by atoms with Gasteiger partial charge >= 0.3 is 0 Å². The van der Waals surface area contributed by atoms with Crippen molar-refractivity contribution in [2.75, 3.05) is 26.3 Å². The number of morpholine rings is 1. The standard InChI is InChI=1S/C24H38N2O2/c1-18(25-23(27)20-10-12-21(13-11-20)24(2,3)4)22(19-8-6-5-7-9-19)26-14-16-28-17-15-26/h5-9,18,20-22H,10-17H2,1-4H3,(H,25,27)/p+1/t18-,20?,21?,22+/m0/s1. The van der Waals surface area contributed by atoms with Gasteiger partial charge in [0.1, 0.15) is 19.1 Å². The van der Waals surface area contributed by atoms with Gasteiger partial charge in [0.05, 0.1) is 19.3 Å². The molecule has 1 aromatic carbocycles. The first-order chi connectivity index (χ1) is 13.4. The summed E-state index contributed by atoms with van der Waals surface area (Å²) in [6.07, 6.45) is 4.40. The van der Waals surface area contributed by atoms with Crippen LogP contribution in [0, 0.1) is 17.3 Å². The Labute approximate surface area is 171 Å². The van der Waals surface area contributed by atoms with E-state index in [-0.39, 0.29) is 23.9 Å². The van der Waals surface area contributed by atoms with Crippen LogP contribution in [-0.2, 0) is 9.53 Å². The number of hydrogen-bond acceptors (Lipinski definition) is 2. The highest BCUT2D eigenvalue weighted by molar-refractivity contribution is 5.79. The topological polar surface area (TPSA) is 42.8 Å². The number of quaternary nitrogens is 1. The first-order valence-corrected chi connectivity index (χ1v) is 11.1. The molecular weight excluding hydrogens is 348 g/mol. The Kier molecular flexibility index (Phi) is 7.16. The lowest BCUT2D eigenvalue weighted by Crippen LogP contribution is -3.15. The van der Waals surface area contributed by atoms with Gasteiger partial charge < -0.3 is 15.0 Å². The Hall–Kier alpha value is -1.39. The highest BCUT2D eigenvalue weighted by Gasteiger charge is 2.36. The summed E-state index contributed by atoms with van der Waals surface area (Å²) in [7, 11) is 0. The van der Waals surface area contributed by atoms with Crippen molar-refractivity contribution in [3.8, 4) is 0 Å². The molecule has 4 nitrogen and oxygen atoms in total. The second kappa shape index (κ2) is 9.41. The molecule has 0 spiro atoms. The summed E-state index contributed by atoms with van der Waals surface area (Å²) in [5, 5.41) is 3.40. The van der Waals surface area contributed by atoms with Crippen LogP contribution in [0.4, 0.5) is 0 Å². The molecule has 1 aromatic rings. The van der Waals surface area contributed by atoms with E-state index in [2.05, 4.69) is 63.3 Å². The van der Waals surface area contributed by atoms with Gasteiger partial charge in [-0.2, -0.15) is 0 Å². The number of carbonyl (C=O) groups is 1. The summed E-state index contributed by atoms with van der Waals surface area (Å²) in [6.45, 7) is 12.8. The fourth-order valence-electron chi connectivity index (χ4n) is 5.13. The average Bonchev–Trinajstić information content (AvgIpc) is 2.69. The smallest absolute Gasteiger partial charge is 0.223 e. The summed E-state index contributed by atoms with van der Waals surface area (Å²) in [5.41, 5.74) is 1.66. The molecular formula is C24H39N2O2+. The molecule has 4 heteroatoms. The van der Waals surface area contributed by atoms with Gasteiger partial charge in [-0.3, -0.25) is 4.79 Å². The quantitative estimate of drug-likeness (QED) is 0.816. The van der Waals surface area contributed by atoms with Crippen molar-refractivity contribution in [3.63, 3.8) is 0 Å². The second-order valence-electron chi connectivity index (χ2n) is 9.87. The predicted molar refractivity (Wildman–Crippen MR) is 113 cm³/mol. The van der Waals surface area contributed by atoms with Crippen molar-refractivity contribution in [1.82, 2.24) is 5.32 Å². The van der Waals surface area contributed by atoms with E-state index in [1.807, 2.05) is 0 Å². The molecule has 2 atom stereocenters. The number of nitrogens with one attached hydrogen (secondary N) is 2. The molecule has 1 heterocycles. The third-order valence-corrected chi connectivity index (χ3v) is 6.93. The Balaban J connectivity index is 1.63. The Morgan fingerprint density at radius 2 is 1.68 bits per heavy atom. The maximum absolute atomic E-state index is 13.0. The van der Waals surface area contributed by atoms with Crippen LogP contribution in [0.5, 0.6) is 0 Å². The number of benzene rings is 1. The molecule has 2 N–H and O–H groups in total. The highest BCUT2D eigenvalue weighted by Crippen LogP contribution is 2.39. The predicted octanol–water partition coefficient (Wildman–Crippen LogP) is 3.00. The van der Waals surface area contributed by atoms with Crippen LogP contribution in [0.1, 0.15) is 65.0 Å². The lowest BCUT2D eigenvalue weighted by molar-refractivity contribution is -0.940. The molecule has 156 valence electrons. The van der Waals surface area contributed by atoms with Gasteiger partial charge in [0, 0.05) is 11.5 Å². The molecule has 1 amide bonds. The lowest BCUT2D eigenvalue weighted by atomic mass is 9.69. The minimum Gasteiger partial charge on any atom is -0.370 e. The van der Waals surface area contributed by atoms with Crippen LogP contribution in [0.25, 0.3) is 0 Å². The van der Waals surface area contributed by atoms with E-state index in [0.29, 0.717) is 5.41 Å². The second-order valence-corrected chi connectivity index (χ2v) is 9.87. The number of amides is 1. The first-order valence-electron chi connectivity index (χ1n) is 11.1. The molecule has 1 aliphatic carbocycles. The monoisotopic (exact) mass is 387 g/mol. The van der Waals surface area contributed by atoms with Crippen molar-refractivity contribution in [3.05, 3.63) is 35.9 Å². The van der Waals surface area contributed by atoms with Crippen LogP contribution >= 0.6 is 0 Å². The summed E-state index contributed by atoms with van der Waals surface area (Å²) in [4.78, 5) is 14.6. The van der Waals surface area contributed by atoms with E-state index < -0.39 is 0 Å². The van der Waals surface area contributed by atoms with Gasteiger partial charge in [0.15, 0.2) is 0 Å². The van der Waals surface area contributed by atoms with E-state index in [4.69, 9.17) is 4.74 Å². The Bertz CT molecular complexity index is 611. The number of rotatable bonds is 5. The van der Waals surface area contributed by atoms with E-state index in [1.54, 1.807) is 0 Å². The fraction of sp³-hybridized carbons (Fsp3) is 0.708. The highest BCUT2D eigenvalue weighted by atomic mass is 16.5. The summed E-state index contributed by atoms with van der Waals surface area (Å²) in [6, 6.07) is 11.1. The van der Waals surface area contributed by atoms with Crippen LogP contribution in [0.15, 0.2) is 30.3 Å². The van der Waals surface area contributed by atoms with Crippen LogP contribution in [0.2, 0.25) is 0 Å². The molecule has 0 aromatic heterocycles. The van der Waals surface area contributed by atoms with E-state index in [1.165, 1.54) is 23.3 Å². The summed E-state index contributed by atoms with van der Waals surface area (Å²) < 4.78 is 5.57. The molecule has 1 saturated heterocycles. The normalized spacial score (nSPS) is 26.4. The Morgan fingerprint density at radius 1 is 1.07 bits per heavy atom. The maximum Gasteiger partial charge on any atom is 0.223 e. The molecule has 3 rings (SSSR count). The van der Waals surface area contributed by atoms with Crippen LogP contribution in [-0.4, -0.2) is 38.3 Å². The van der Waals surface area contributed by atoms with Gasteiger partial charge in [-0.15, -0.1) is 0 Å². The Morgan fingerprint density at radius 3 is 2.25 bits per heavy atom. The van der Waals surface area contributed by atoms with Crippen molar-refractivity contribution >= 4 is 5.91 Å². The molecule has 0 radical (unpaired) electrons. The van der Waals surface area contributed by atoms with Gasteiger partial charge in [-0.25, -0.2) is 0 Å². The van der Waals surface area contributed by atoms with Crippen molar-refractivity contribution in [1.29, 1.82) is 0 Å². The van der Waals surface area contributed by atoms with Gasteiger partial charge in [-0.1, -0.05) is 51.1 Å².